The SMILES string of the molecule is CC(C)(C(=O)Cc1ccc(F)c(F)c1)c1ccc(F)cc1. The van der Waals surface area contributed by atoms with Gasteiger partial charge in [-0.05, 0) is 49.2 Å². The first kappa shape index (κ1) is 15.3. The molecule has 0 aliphatic rings. The fourth-order valence-corrected chi connectivity index (χ4v) is 2.08. The first-order valence-electron chi connectivity index (χ1n) is 6.54. The van der Waals surface area contributed by atoms with Gasteiger partial charge >= 0.3 is 0 Å². The first-order chi connectivity index (χ1) is 9.80. The van der Waals surface area contributed by atoms with Gasteiger partial charge in [-0.2, -0.15) is 0 Å². The molecule has 0 atom stereocenters. The van der Waals surface area contributed by atoms with Crippen molar-refractivity contribution in [1.29, 1.82) is 0 Å². The van der Waals surface area contributed by atoms with E-state index in [-0.39, 0.29) is 18.0 Å². The number of halogens is 3. The van der Waals surface area contributed by atoms with E-state index >= 15 is 0 Å². The molecular weight excluding hydrogens is 277 g/mol. The van der Waals surface area contributed by atoms with E-state index in [0.29, 0.717) is 11.1 Å². The number of rotatable bonds is 4. The molecule has 0 bridgehead atoms. The second-order valence-electron chi connectivity index (χ2n) is 5.48. The van der Waals surface area contributed by atoms with E-state index in [2.05, 4.69) is 0 Å². The zero-order valence-electron chi connectivity index (χ0n) is 11.8. The van der Waals surface area contributed by atoms with Crippen molar-refractivity contribution in [3.63, 3.8) is 0 Å². The molecule has 4 heteroatoms. The van der Waals surface area contributed by atoms with E-state index in [4.69, 9.17) is 0 Å². The summed E-state index contributed by atoms with van der Waals surface area (Å²) in [6.07, 6.45) is -0.0123. The number of benzene rings is 2. The third-order valence-electron chi connectivity index (χ3n) is 3.61. The van der Waals surface area contributed by atoms with E-state index in [1.807, 2.05) is 0 Å². The average Bonchev–Trinajstić information content (AvgIpc) is 2.43. The molecule has 0 amide bonds. The summed E-state index contributed by atoms with van der Waals surface area (Å²) in [7, 11) is 0. The van der Waals surface area contributed by atoms with Gasteiger partial charge in [-0.3, -0.25) is 4.79 Å². The van der Waals surface area contributed by atoms with Crippen molar-refractivity contribution in [2.45, 2.75) is 25.7 Å². The Bertz CT molecular complexity index is 660. The van der Waals surface area contributed by atoms with Crippen LogP contribution >= 0.6 is 0 Å². The van der Waals surface area contributed by atoms with Crippen molar-refractivity contribution in [3.05, 3.63) is 71.0 Å². The summed E-state index contributed by atoms with van der Waals surface area (Å²) in [6, 6.07) is 9.11. The molecule has 0 saturated carbocycles. The van der Waals surface area contributed by atoms with Gasteiger partial charge in [0.1, 0.15) is 11.6 Å². The summed E-state index contributed by atoms with van der Waals surface area (Å²) in [5, 5.41) is 0. The van der Waals surface area contributed by atoms with Crippen LogP contribution in [0.2, 0.25) is 0 Å². The Kier molecular flexibility index (Phi) is 4.16. The second kappa shape index (κ2) is 5.72. The molecule has 0 fully saturated rings. The molecule has 0 aliphatic carbocycles. The molecule has 110 valence electrons. The average molecular weight is 292 g/mol. The molecule has 0 N–H and O–H groups in total. The summed E-state index contributed by atoms with van der Waals surface area (Å²) in [6.45, 7) is 3.45. The molecule has 1 nitrogen and oxygen atoms in total. The molecule has 0 aromatic heterocycles. The molecular formula is C17H15F3O. The number of carbonyl (C=O) groups is 1. The maximum absolute atomic E-state index is 13.2. The Hall–Kier alpha value is -2.10. The van der Waals surface area contributed by atoms with Gasteiger partial charge in [0, 0.05) is 11.8 Å². The summed E-state index contributed by atoms with van der Waals surface area (Å²) in [4.78, 5) is 12.4. The first-order valence-corrected chi connectivity index (χ1v) is 6.54. The summed E-state index contributed by atoms with van der Waals surface area (Å²) >= 11 is 0. The standard InChI is InChI=1S/C17H15F3O/c1-17(2,12-4-6-13(18)7-5-12)16(21)10-11-3-8-14(19)15(20)9-11/h3-9H,10H2,1-2H3. The molecule has 0 heterocycles. The minimum Gasteiger partial charge on any atom is -0.298 e. The Labute approximate surface area is 121 Å². The zero-order chi connectivity index (χ0) is 15.6. The van der Waals surface area contributed by atoms with Gasteiger partial charge in [-0.25, -0.2) is 13.2 Å². The third-order valence-corrected chi connectivity index (χ3v) is 3.61. The lowest BCUT2D eigenvalue weighted by molar-refractivity contribution is -0.122. The van der Waals surface area contributed by atoms with Crippen LogP contribution < -0.4 is 0 Å². The van der Waals surface area contributed by atoms with E-state index in [1.54, 1.807) is 26.0 Å². The summed E-state index contributed by atoms with van der Waals surface area (Å²) in [5.74, 6) is -2.44. The van der Waals surface area contributed by atoms with Crippen LogP contribution in [0.5, 0.6) is 0 Å². The fraction of sp³-hybridized carbons (Fsp3) is 0.235. The van der Waals surface area contributed by atoms with Gasteiger partial charge in [0.05, 0.1) is 0 Å². The van der Waals surface area contributed by atoms with Crippen LogP contribution in [0.3, 0.4) is 0 Å². The molecule has 0 aliphatic heterocycles. The van der Waals surface area contributed by atoms with Gasteiger partial charge in [-0.15, -0.1) is 0 Å². The maximum atomic E-state index is 13.2. The Balaban J connectivity index is 2.21. The highest BCUT2D eigenvalue weighted by Gasteiger charge is 2.29. The minimum atomic E-state index is -0.972. The molecule has 0 unspecified atom stereocenters. The van der Waals surface area contributed by atoms with Crippen LogP contribution in [0.4, 0.5) is 13.2 Å². The van der Waals surface area contributed by atoms with Crippen LogP contribution in [-0.2, 0) is 16.6 Å². The monoisotopic (exact) mass is 292 g/mol. The highest BCUT2D eigenvalue weighted by atomic mass is 19.2. The lowest BCUT2D eigenvalue weighted by Gasteiger charge is -2.24. The van der Waals surface area contributed by atoms with E-state index in [1.165, 1.54) is 18.2 Å². The van der Waals surface area contributed by atoms with Crippen LogP contribution in [0.1, 0.15) is 25.0 Å². The molecule has 0 radical (unpaired) electrons. The van der Waals surface area contributed by atoms with E-state index in [9.17, 15) is 18.0 Å². The quantitative estimate of drug-likeness (QED) is 0.825. The predicted octanol–water partition coefficient (Wildman–Crippen LogP) is 4.19. The van der Waals surface area contributed by atoms with Gasteiger partial charge in [0.2, 0.25) is 0 Å². The topological polar surface area (TPSA) is 17.1 Å². The van der Waals surface area contributed by atoms with Gasteiger partial charge in [0.25, 0.3) is 0 Å². The number of ketones is 1. The lowest BCUT2D eigenvalue weighted by atomic mass is 9.78. The highest BCUT2D eigenvalue weighted by molar-refractivity contribution is 5.91. The summed E-state index contributed by atoms with van der Waals surface area (Å²) < 4.78 is 39.0. The Morgan fingerprint density at radius 2 is 1.57 bits per heavy atom. The zero-order valence-corrected chi connectivity index (χ0v) is 11.8. The molecule has 0 spiro atoms. The largest absolute Gasteiger partial charge is 0.298 e. The highest BCUT2D eigenvalue weighted by Crippen LogP contribution is 2.26. The van der Waals surface area contributed by atoms with Crippen LogP contribution in [0.15, 0.2) is 42.5 Å². The smallest absolute Gasteiger partial charge is 0.159 e. The predicted molar refractivity (Wildman–Crippen MR) is 74.5 cm³/mol. The van der Waals surface area contributed by atoms with Gasteiger partial charge in [-0.1, -0.05) is 18.2 Å². The maximum Gasteiger partial charge on any atom is 0.159 e. The van der Waals surface area contributed by atoms with E-state index in [0.717, 1.165) is 12.1 Å². The van der Waals surface area contributed by atoms with Crippen molar-refractivity contribution in [2.24, 2.45) is 0 Å². The molecule has 0 saturated heterocycles. The Morgan fingerprint density at radius 3 is 2.14 bits per heavy atom. The van der Waals surface area contributed by atoms with E-state index < -0.39 is 17.0 Å². The number of hydrogen-bond acceptors (Lipinski definition) is 1. The van der Waals surface area contributed by atoms with Crippen molar-refractivity contribution >= 4 is 5.78 Å². The molecule has 2 aromatic rings. The van der Waals surface area contributed by atoms with Crippen LogP contribution in [-0.4, -0.2) is 5.78 Å². The van der Waals surface area contributed by atoms with Crippen molar-refractivity contribution < 1.29 is 18.0 Å². The lowest BCUT2D eigenvalue weighted by Crippen LogP contribution is -2.30. The summed E-state index contributed by atoms with van der Waals surface area (Å²) in [5.41, 5.74) is 0.254. The van der Waals surface area contributed by atoms with Crippen LogP contribution in [0, 0.1) is 17.5 Å². The normalized spacial score (nSPS) is 11.5. The molecule has 2 aromatic carbocycles. The van der Waals surface area contributed by atoms with Crippen molar-refractivity contribution in [1.82, 2.24) is 0 Å². The van der Waals surface area contributed by atoms with Crippen LogP contribution in [0.25, 0.3) is 0 Å². The van der Waals surface area contributed by atoms with Gasteiger partial charge < -0.3 is 0 Å². The second-order valence-corrected chi connectivity index (χ2v) is 5.48. The van der Waals surface area contributed by atoms with Gasteiger partial charge in [0.15, 0.2) is 11.6 Å². The fourth-order valence-electron chi connectivity index (χ4n) is 2.08. The molecule has 2 rings (SSSR count). The van der Waals surface area contributed by atoms with Crippen molar-refractivity contribution in [2.75, 3.05) is 0 Å². The minimum absolute atomic E-state index is 0.0123. The third kappa shape index (κ3) is 3.32. The molecule has 21 heavy (non-hydrogen) atoms. The number of Topliss-reactive ketones (excluding diaryl/α,β-unsaturated/α-hetero) is 1. The number of hydrogen-bond donors (Lipinski definition) is 0. The number of carbonyl (C=O) groups excluding carboxylic acids is 1. The van der Waals surface area contributed by atoms with Crippen molar-refractivity contribution in [3.8, 4) is 0 Å². The Morgan fingerprint density at radius 1 is 0.952 bits per heavy atom.